The second-order valence-corrected chi connectivity index (χ2v) is 6.66. The van der Waals surface area contributed by atoms with Crippen LogP contribution in [0.5, 0.6) is 5.75 Å². The molecule has 0 atom stereocenters. The van der Waals surface area contributed by atoms with Crippen molar-refractivity contribution in [2.45, 2.75) is 38.6 Å². The summed E-state index contributed by atoms with van der Waals surface area (Å²) in [5.41, 5.74) is 1.36. The zero-order valence-electron chi connectivity index (χ0n) is 15.1. The molecule has 1 aromatic carbocycles. The monoisotopic (exact) mass is 355 g/mol. The van der Waals surface area contributed by atoms with Crippen LogP contribution < -0.4 is 15.6 Å². The van der Waals surface area contributed by atoms with Crippen LogP contribution in [0, 0.1) is 5.92 Å². The predicted molar refractivity (Wildman–Crippen MR) is 100 cm³/mol. The van der Waals surface area contributed by atoms with Gasteiger partial charge in [-0.25, -0.2) is 4.98 Å². The lowest BCUT2D eigenvalue weighted by Crippen LogP contribution is -2.35. The van der Waals surface area contributed by atoms with Gasteiger partial charge < -0.3 is 10.1 Å². The number of ether oxygens (including phenoxy) is 1. The van der Waals surface area contributed by atoms with Gasteiger partial charge in [0.1, 0.15) is 5.75 Å². The summed E-state index contributed by atoms with van der Waals surface area (Å²) in [4.78, 5) is 28.8. The Morgan fingerprint density at radius 3 is 2.62 bits per heavy atom. The second kappa shape index (κ2) is 8.65. The van der Waals surface area contributed by atoms with Crippen LogP contribution in [0.2, 0.25) is 0 Å². The molecule has 6 heteroatoms. The first-order valence-electron chi connectivity index (χ1n) is 9.16. The number of methoxy groups -OCH3 is 1. The van der Waals surface area contributed by atoms with Gasteiger partial charge in [-0.05, 0) is 37.1 Å². The number of rotatable bonds is 6. The quantitative estimate of drug-likeness (QED) is 0.864. The normalized spacial score (nSPS) is 14.8. The van der Waals surface area contributed by atoms with Gasteiger partial charge in [-0.15, -0.1) is 0 Å². The van der Waals surface area contributed by atoms with Crippen molar-refractivity contribution in [3.63, 3.8) is 0 Å². The molecule has 0 aliphatic heterocycles. The number of hydrogen-bond donors (Lipinski definition) is 1. The van der Waals surface area contributed by atoms with Crippen molar-refractivity contribution in [2.24, 2.45) is 5.92 Å². The summed E-state index contributed by atoms with van der Waals surface area (Å²) in [6.45, 7) is 0.867. The molecule has 0 radical (unpaired) electrons. The van der Waals surface area contributed by atoms with Crippen molar-refractivity contribution >= 4 is 5.91 Å². The van der Waals surface area contributed by atoms with E-state index in [1.165, 1.54) is 23.4 Å². The fourth-order valence-electron chi connectivity index (χ4n) is 3.32. The molecule has 1 fully saturated rings. The Kier molecular flexibility index (Phi) is 6.04. The summed E-state index contributed by atoms with van der Waals surface area (Å²) in [7, 11) is 1.61. The van der Waals surface area contributed by atoms with Crippen LogP contribution in [-0.4, -0.2) is 29.1 Å². The van der Waals surface area contributed by atoms with Crippen LogP contribution in [0.3, 0.4) is 0 Å². The summed E-state index contributed by atoms with van der Waals surface area (Å²) in [5, 5.41) is 2.95. The Balaban J connectivity index is 1.57. The fraction of sp³-hybridized carbons (Fsp3) is 0.450. The van der Waals surface area contributed by atoms with Crippen molar-refractivity contribution in [3.05, 3.63) is 47.0 Å². The largest absolute Gasteiger partial charge is 0.497 e. The highest BCUT2D eigenvalue weighted by Gasteiger charge is 2.20. The maximum atomic E-state index is 12.3. The number of aromatic nitrogens is 2. The molecule has 6 nitrogen and oxygen atoms in total. The Labute approximate surface area is 153 Å². The van der Waals surface area contributed by atoms with Crippen LogP contribution >= 0.6 is 0 Å². The fourth-order valence-corrected chi connectivity index (χ4v) is 3.32. The number of carbonyl (C=O) groups excluding carboxylic acids is 1. The number of nitrogens with zero attached hydrogens (tertiary/aromatic N) is 2. The van der Waals surface area contributed by atoms with Crippen molar-refractivity contribution in [2.75, 3.05) is 13.7 Å². The van der Waals surface area contributed by atoms with Crippen LogP contribution in [0.4, 0.5) is 0 Å². The number of benzene rings is 1. The van der Waals surface area contributed by atoms with Crippen LogP contribution in [0.25, 0.3) is 11.3 Å². The highest BCUT2D eigenvalue weighted by atomic mass is 16.5. The lowest BCUT2D eigenvalue weighted by molar-refractivity contribution is -0.125. The Morgan fingerprint density at radius 1 is 1.23 bits per heavy atom. The third kappa shape index (κ3) is 4.50. The molecule has 0 unspecified atom stereocenters. The highest BCUT2D eigenvalue weighted by molar-refractivity contribution is 5.78. The van der Waals surface area contributed by atoms with Crippen molar-refractivity contribution in [1.82, 2.24) is 14.9 Å². The van der Waals surface area contributed by atoms with E-state index in [0.29, 0.717) is 18.8 Å². The van der Waals surface area contributed by atoms with Gasteiger partial charge in [0, 0.05) is 30.6 Å². The minimum Gasteiger partial charge on any atom is -0.497 e. The van der Waals surface area contributed by atoms with Gasteiger partial charge in [0.05, 0.1) is 19.1 Å². The molecule has 1 N–H and O–H groups in total. The van der Waals surface area contributed by atoms with Crippen molar-refractivity contribution < 1.29 is 9.53 Å². The highest BCUT2D eigenvalue weighted by Crippen LogP contribution is 2.23. The van der Waals surface area contributed by atoms with E-state index in [4.69, 9.17) is 4.74 Å². The zero-order chi connectivity index (χ0) is 18.4. The SMILES string of the molecule is COc1ccc(-c2cc(=O)n(CCNC(=O)C3CCCCC3)cn2)cc1. The zero-order valence-corrected chi connectivity index (χ0v) is 15.1. The predicted octanol–water partition coefficient (Wildman–Crippen LogP) is 2.62. The third-order valence-electron chi connectivity index (χ3n) is 4.89. The molecule has 138 valence electrons. The molecule has 26 heavy (non-hydrogen) atoms. The van der Waals surface area contributed by atoms with E-state index in [2.05, 4.69) is 10.3 Å². The van der Waals surface area contributed by atoms with Gasteiger partial charge in [-0.1, -0.05) is 19.3 Å². The van der Waals surface area contributed by atoms with Crippen molar-refractivity contribution in [3.8, 4) is 17.0 Å². The summed E-state index contributed by atoms with van der Waals surface area (Å²) in [5.74, 6) is 1.01. The van der Waals surface area contributed by atoms with E-state index >= 15 is 0 Å². The maximum Gasteiger partial charge on any atom is 0.253 e. The number of nitrogens with one attached hydrogen (secondary N) is 1. The standard InChI is InChI=1S/C20H25N3O3/c1-26-17-9-7-15(8-10-17)18-13-19(24)23(14-22-18)12-11-21-20(25)16-5-3-2-4-6-16/h7-10,13-14,16H,2-6,11-12H2,1H3,(H,21,25). The molecule has 1 amide bonds. The first-order chi connectivity index (χ1) is 12.7. The minimum atomic E-state index is -0.127. The lowest BCUT2D eigenvalue weighted by atomic mass is 9.89. The second-order valence-electron chi connectivity index (χ2n) is 6.66. The summed E-state index contributed by atoms with van der Waals surface area (Å²) in [6.07, 6.45) is 6.98. The molecule has 1 heterocycles. The van der Waals surface area contributed by atoms with E-state index in [0.717, 1.165) is 37.0 Å². The minimum absolute atomic E-state index is 0.112. The smallest absolute Gasteiger partial charge is 0.253 e. The molecule has 1 aliphatic carbocycles. The lowest BCUT2D eigenvalue weighted by Gasteiger charge is -2.20. The molecule has 1 aromatic heterocycles. The van der Waals surface area contributed by atoms with E-state index < -0.39 is 0 Å². The van der Waals surface area contributed by atoms with Gasteiger partial charge in [-0.3, -0.25) is 14.2 Å². The molecule has 1 saturated carbocycles. The first kappa shape index (κ1) is 18.2. The van der Waals surface area contributed by atoms with Gasteiger partial charge in [0.15, 0.2) is 0 Å². The van der Waals surface area contributed by atoms with E-state index in [9.17, 15) is 9.59 Å². The van der Waals surface area contributed by atoms with Crippen LogP contribution in [0.15, 0.2) is 41.5 Å². The first-order valence-corrected chi connectivity index (χ1v) is 9.16. The average Bonchev–Trinajstić information content (AvgIpc) is 2.70. The molecular formula is C20H25N3O3. The Hall–Kier alpha value is -2.63. The summed E-state index contributed by atoms with van der Waals surface area (Å²) >= 11 is 0. The number of hydrogen-bond acceptors (Lipinski definition) is 4. The van der Waals surface area contributed by atoms with Crippen LogP contribution in [0.1, 0.15) is 32.1 Å². The van der Waals surface area contributed by atoms with E-state index in [-0.39, 0.29) is 17.4 Å². The average molecular weight is 355 g/mol. The summed E-state index contributed by atoms with van der Waals surface area (Å²) in [6, 6.07) is 8.93. The third-order valence-corrected chi connectivity index (χ3v) is 4.89. The molecule has 1 aliphatic rings. The van der Waals surface area contributed by atoms with Crippen molar-refractivity contribution in [1.29, 1.82) is 0 Å². The van der Waals surface area contributed by atoms with Gasteiger partial charge >= 0.3 is 0 Å². The molecule has 0 saturated heterocycles. The molecule has 0 bridgehead atoms. The maximum absolute atomic E-state index is 12.3. The number of carbonyl (C=O) groups is 1. The molecular weight excluding hydrogens is 330 g/mol. The van der Waals surface area contributed by atoms with Gasteiger partial charge in [0.25, 0.3) is 5.56 Å². The van der Waals surface area contributed by atoms with Gasteiger partial charge in [0.2, 0.25) is 5.91 Å². The van der Waals surface area contributed by atoms with Gasteiger partial charge in [-0.2, -0.15) is 0 Å². The number of amides is 1. The topological polar surface area (TPSA) is 73.2 Å². The Morgan fingerprint density at radius 2 is 1.96 bits per heavy atom. The Bertz CT molecular complexity index is 793. The summed E-state index contributed by atoms with van der Waals surface area (Å²) < 4.78 is 6.66. The van der Waals surface area contributed by atoms with Crippen LogP contribution in [-0.2, 0) is 11.3 Å². The molecule has 0 spiro atoms. The molecule has 3 rings (SSSR count). The van der Waals surface area contributed by atoms with E-state index in [1.807, 2.05) is 24.3 Å². The van der Waals surface area contributed by atoms with E-state index in [1.54, 1.807) is 7.11 Å². The molecule has 2 aromatic rings.